The SMILES string of the molecule is CC(C)(CCNCCc1cc(Br)ccc1F)C(=O)O. The lowest BCUT2D eigenvalue weighted by Gasteiger charge is -2.18. The number of halogens is 2. The maximum absolute atomic E-state index is 13.4. The summed E-state index contributed by atoms with van der Waals surface area (Å²) < 4.78 is 14.3. The predicted octanol–water partition coefficient (Wildman–Crippen LogP) is 3.22. The fourth-order valence-electron chi connectivity index (χ4n) is 1.59. The Hall–Kier alpha value is -0.940. The first kappa shape index (κ1) is 16.1. The number of benzene rings is 1. The van der Waals surface area contributed by atoms with Crippen LogP contribution in [0.25, 0.3) is 0 Å². The highest BCUT2D eigenvalue weighted by molar-refractivity contribution is 9.10. The number of nitrogens with one attached hydrogen (secondary N) is 1. The molecule has 106 valence electrons. The average molecular weight is 332 g/mol. The zero-order valence-electron chi connectivity index (χ0n) is 11.2. The molecule has 0 atom stereocenters. The van der Waals surface area contributed by atoms with Gasteiger partial charge in [0, 0.05) is 4.47 Å². The van der Waals surface area contributed by atoms with Crippen molar-refractivity contribution in [3.05, 3.63) is 34.1 Å². The first-order valence-corrected chi connectivity index (χ1v) is 7.00. The summed E-state index contributed by atoms with van der Waals surface area (Å²) in [5.41, 5.74) is -0.0760. The second-order valence-corrected chi connectivity index (χ2v) is 6.09. The fraction of sp³-hybridized carbons (Fsp3) is 0.500. The first-order chi connectivity index (χ1) is 8.83. The molecular formula is C14H19BrFNO2. The summed E-state index contributed by atoms with van der Waals surface area (Å²) in [6, 6.07) is 4.87. The molecule has 0 spiro atoms. The van der Waals surface area contributed by atoms with Crippen LogP contribution in [-0.2, 0) is 11.2 Å². The van der Waals surface area contributed by atoms with Crippen molar-refractivity contribution >= 4 is 21.9 Å². The largest absolute Gasteiger partial charge is 0.481 e. The highest BCUT2D eigenvalue weighted by atomic mass is 79.9. The summed E-state index contributed by atoms with van der Waals surface area (Å²) in [5, 5.41) is 12.1. The Morgan fingerprint density at radius 2 is 2.11 bits per heavy atom. The van der Waals surface area contributed by atoms with Gasteiger partial charge >= 0.3 is 5.97 Å². The van der Waals surface area contributed by atoms with Gasteiger partial charge in [0.1, 0.15) is 5.82 Å². The second-order valence-electron chi connectivity index (χ2n) is 5.17. The van der Waals surface area contributed by atoms with Gasteiger partial charge in [0.15, 0.2) is 0 Å². The van der Waals surface area contributed by atoms with E-state index in [1.165, 1.54) is 6.07 Å². The summed E-state index contributed by atoms with van der Waals surface area (Å²) in [7, 11) is 0. The molecule has 0 amide bonds. The number of hydrogen-bond acceptors (Lipinski definition) is 2. The first-order valence-electron chi connectivity index (χ1n) is 6.21. The number of hydrogen-bond donors (Lipinski definition) is 2. The van der Waals surface area contributed by atoms with Crippen LogP contribution < -0.4 is 5.32 Å². The van der Waals surface area contributed by atoms with E-state index in [1.54, 1.807) is 26.0 Å². The van der Waals surface area contributed by atoms with Crippen LogP contribution >= 0.6 is 15.9 Å². The van der Waals surface area contributed by atoms with Crippen molar-refractivity contribution in [2.45, 2.75) is 26.7 Å². The third kappa shape index (κ3) is 5.28. The van der Waals surface area contributed by atoms with Gasteiger partial charge < -0.3 is 10.4 Å². The van der Waals surface area contributed by atoms with Crippen LogP contribution in [0.15, 0.2) is 22.7 Å². The van der Waals surface area contributed by atoms with Gasteiger partial charge in [0.25, 0.3) is 0 Å². The minimum atomic E-state index is -0.799. The maximum Gasteiger partial charge on any atom is 0.309 e. The summed E-state index contributed by atoms with van der Waals surface area (Å²) in [6.07, 6.45) is 1.13. The van der Waals surface area contributed by atoms with E-state index < -0.39 is 11.4 Å². The van der Waals surface area contributed by atoms with Crippen molar-refractivity contribution in [3.8, 4) is 0 Å². The van der Waals surface area contributed by atoms with Crippen LogP contribution in [0.4, 0.5) is 4.39 Å². The van der Waals surface area contributed by atoms with Crippen molar-refractivity contribution < 1.29 is 14.3 Å². The molecule has 0 saturated carbocycles. The minimum Gasteiger partial charge on any atom is -0.481 e. The lowest BCUT2D eigenvalue weighted by Crippen LogP contribution is -2.29. The van der Waals surface area contributed by atoms with Gasteiger partial charge in [-0.2, -0.15) is 0 Å². The van der Waals surface area contributed by atoms with Crippen LogP contribution in [0, 0.1) is 11.2 Å². The average Bonchev–Trinajstić information content (AvgIpc) is 2.32. The highest BCUT2D eigenvalue weighted by Gasteiger charge is 2.25. The molecular weight excluding hydrogens is 313 g/mol. The summed E-state index contributed by atoms with van der Waals surface area (Å²) in [6.45, 7) is 4.63. The molecule has 1 aromatic carbocycles. The Morgan fingerprint density at radius 3 is 2.74 bits per heavy atom. The molecule has 0 unspecified atom stereocenters. The van der Waals surface area contributed by atoms with Gasteiger partial charge in [-0.3, -0.25) is 4.79 Å². The Kier molecular flexibility index (Phi) is 5.94. The van der Waals surface area contributed by atoms with Crippen molar-refractivity contribution in [2.75, 3.05) is 13.1 Å². The van der Waals surface area contributed by atoms with Crippen LogP contribution in [0.2, 0.25) is 0 Å². The number of carboxylic acids is 1. The van der Waals surface area contributed by atoms with Crippen LogP contribution in [0.5, 0.6) is 0 Å². The molecule has 0 fully saturated rings. The van der Waals surface area contributed by atoms with Crippen LogP contribution in [-0.4, -0.2) is 24.2 Å². The summed E-state index contributed by atoms with van der Waals surface area (Å²) >= 11 is 3.31. The molecule has 3 nitrogen and oxygen atoms in total. The number of rotatable bonds is 7. The Labute approximate surface area is 121 Å². The van der Waals surface area contributed by atoms with E-state index in [0.29, 0.717) is 31.5 Å². The van der Waals surface area contributed by atoms with Crippen molar-refractivity contribution in [1.82, 2.24) is 5.32 Å². The molecule has 0 heterocycles. The number of carbonyl (C=O) groups is 1. The standard InChI is InChI=1S/C14H19BrFNO2/c1-14(2,13(18)19)6-8-17-7-5-10-9-11(15)3-4-12(10)16/h3-4,9,17H,5-8H2,1-2H3,(H,18,19). The van der Waals surface area contributed by atoms with E-state index in [2.05, 4.69) is 21.2 Å². The quantitative estimate of drug-likeness (QED) is 0.754. The van der Waals surface area contributed by atoms with E-state index in [1.807, 2.05) is 0 Å². The van der Waals surface area contributed by atoms with Gasteiger partial charge in [0.05, 0.1) is 5.41 Å². The molecule has 19 heavy (non-hydrogen) atoms. The Balaban J connectivity index is 2.32. The molecule has 0 aliphatic carbocycles. The van der Waals surface area contributed by atoms with E-state index in [9.17, 15) is 9.18 Å². The molecule has 0 aliphatic rings. The number of aliphatic carboxylic acids is 1. The molecule has 1 aromatic rings. The van der Waals surface area contributed by atoms with Gasteiger partial charge in [-0.15, -0.1) is 0 Å². The highest BCUT2D eigenvalue weighted by Crippen LogP contribution is 2.19. The van der Waals surface area contributed by atoms with Gasteiger partial charge in [-0.05, 0) is 63.5 Å². The second kappa shape index (κ2) is 7.01. The minimum absolute atomic E-state index is 0.212. The smallest absolute Gasteiger partial charge is 0.309 e. The van der Waals surface area contributed by atoms with Crippen molar-refractivity contribution in [3.63, 3.8) is 0 Å². The number of carboxylic acid groups (broad SMARTS) is 1. The third-order valence-corrected chi connectivity index (χ3v) is 3.58. The summed E-state index contributed by atoms with van der Waals surface area (Å²) in [5.74, 6) is -1.01. The third-order valence-electron chi connectivity index (χ3n) is 3.08. The van der Waals surface area contributed by atoms with Crippen LogP contribution in [0.3, 0.4) is 0 Å². The molecule has 0 saturated heterocycles. The molecule has 0 bridgehead atoms. The maximum atomic E-state index is 13.4. The normalized spacial score (nSPS) is 11.6. The fourth-order valence-corrected chi connectivity index (χ4v) is 2.00. The molecule has 0 aromatic heterocycles. The lowest BCUT2D eigenvalue weighted by atomic mass is 9.90. The zero-order valence-corrected chi connectivity index (χ0v) is 12.8. The molecule has 1 rings (SSSR count). The Morgan fingerprint density at radius 1 is 1.42 bits per heavy atom. The topological polar surface area (TPSA) is 49.3 Å². The van der Waals surface area contributed by atoms with Gasteiger partial charge in [-0.25, -0.2) is 4.39 Å². The van der Waals surface area contributed by atoms with Crippen LogP contribution in [0.1, 0.15) is 25.8 Å². The van der Waals surface area contributed by atoms with E-state index >= 15 is 0 Å². The summed E-state index contributed by atoms with van der Waals surface area (Å²) in [4.78, 5) is 10.9. The molecule has 5 heteroatoms. The molecule has 0 aliphatic heterocycles. The Bertz CT molecular complexity index is 449. The van der Waals surface area contributed by atoms with Gasteiger partial charge in [0.2, 0.25) is 0 Å². The van der Waals surface area contributed by atoms with Gasteiger partial charge in [-0.1, -0.05) is 15.9 Å². The van der Waals surface area contributed by atoms with E-state index in [4.69, 9.17) is 5.11 Å². The van der Waals surface area contributed by atoms with E-state index in [0.717, 1.165) is 4.47 Å². The van der Waals surface area contributed by atoms with Crippen molar-refractivity contribution in [1.29, 1.82) is 0 Å². The molecule has 2 N–H and O–H groups in total. The zero-order chi connectivity index (χ0) is 14.5. The van der Waals surface area contributed by atoms with Crippen molar-refractivity contribution in [2.24, 2.45) is 5.41 Å². The monoisotopic (exact) mass is 331 g/mol. The molecule has 0 radical (unpaired) electrons. The lowest BCUT2D eigenvalue weighted by molar-refractivity contribution is -0.147. The van der Waals surface area contributed by atoms with E-state index in [-0.39, 0.29) is 5.82 Å². The predicted molar refractivity (Wildman–Crippen MR) is 76.7 cm³/mol.